The summed E-state index contributed by atoms with van der Waals surface area (Å²) in [6.45, 7) is 0. The van der Waals surface area contributed by atoms with Gasteiger partial charge < -0.3 is 4.74 Å². The Hall–Kier alpha value is -1.94. The van der Waals surface area contributed by atoms with E-state index in [1.807, 2.05) is 0 Å². The van der Waals surface area contributed by atoms with Crippen LogP contribution in [-0.4, -0.2) is 6.29 Å². The van der Waals surface area contributed by atoms with Crippen molar-refractivity contribution in [2.75, 3.05) is 0 Å². The second kappa shape index (κ2) is 5.14. The largest absolute Gasteiger partial charge is 0.456 e. The first-order valence-corrected chi connectivity index (χ1v) is 5.35. The Morgan fingerprint density at radius 2 is 1.72 bits per heavy atom. The van der Waals surface area contributed by atoms with Crippen molar-refractivity contribution in [1.29, 1.82) is 0 Å². The predicted molar refractivity (Wildman–Crippen MR) is 63.3 cm³/mol. The van der Waals surface area contributed by atoms with Gasteiger partial charge >= 0.3 is 0 Å². The van der Waals surface area contributed by atoms with Crippen LogP contribution >= 0.6 is 11.6 Å². The van der Waals surface area contributed by atoms with Crippen molar-refractivity contribution in [2.45, 2.75) is 0 Å². The average molecular weight is 269 g/mol. The van der Waals surface area contributed by atoms with E-state index in [2.05, 4.69) is 0 Å². The van der Waals surface area contributed by atoms with Crippen LogP contribution in [0.25, 0.3) is 0 Å². The third-order valence-corrected chi connectivity index (χ3v) is 2.40. The first-order valence-electron chi connectivity index (χ1n) is 4.97. The molecule has 2 aromatic carbocycles. The molecule has 2 rings (SSSR count). The molecular formula is C13H7ClF2O2. The van der Waals surface area contributed by atoms with Crippen molar-refractivity contribution in [3.05, 3.63) is 58.6 Å². The van der Waals surface area contributed by atoms with E-state index in [-0.39, 0.29) is 17.1 Å². The number of carbonyl (C=O) groups excluding carboxylic acids is 1. The highest BCUT2D eigenvalue weighted by molar-refractivity contribution is 6.30. The van der Waals surface area contributed by atoms with Crippen molar-refractivity contribution in [3.63, 3.8) is 0 Å². The minimum absolute atomic E-state index is 0.0436. The molecule has 2 nitrogen and oxygen atoms in total. The fraction of sp³-hybridized carbons (Fsp3) is 0. The second-order valence-corrected chi connectivity index (χ2v) is 3.94. The van der Waals surface area contributed by atoms with Crippen LogP contribution in [0.15, 0.2) is 36.4 Å². The molecule has 0 aliphatic rings. The van der Waals surface area contributed by atoms with Gasteiger partial charge in [-0.2, -0.15) is 0 Å². The second-order valence-electron chi connectivity index (χ2n) is 3.51. The van der Waals surface area contributed by atoms with Crippen LogP contribution in [0.3, 0.4) is 0 Å². The molecule has 0 fully saturated rings. The smallest absolute Gasteiger partial charge is 0.153 e. The van der Waals surface area contributed by atoms with Gasteiger partial charge in [-0.15, -0.1) is 0 Å². The lowest BCUT2D eigenvalue weighted by Gasteiger charge is -2.08. The van der Waals surface area contributed by atoms with Gasteiger partial charge in [0.15, 0.2) is 6.29 Å². The number of ether oxygens (including phenoxy) is 1. The molecule has 0 aromatic heterocycles. The van der Waals surface area contributed by atoms with Crippen molar-refractivity contribution in [1.82, 2.24) is 0 Å². The normalized spacial score (nSPS) is 10.2. The van der Waals surface area contributed by atoms with Crippen LogP contribution in [-0.2, 0) is 0 Å². The lowest BCUT2D eigenvalue weighted by atomic mass is 10.2. The third kappa shape index (κ3) is 2.84. The van der Waals surface area contributed by atoms with Gasteiger partial charge in [-0.1, -0.05) is 11.6 Å². The first-order chi connectivity index (χ1) is 8.58. The van der Waals surface area contributed by atoms with Gasteiger partial charge in [0.2, 0.25) is 0 Å². The Balaban J connectivity index is 2.38. The molecule has 18 heavy (non-hydrogen) atoms. The van der Waals surface area contributed by atoms with Crippen LogP contribution in [0.5, 0.6) is 11.5 Å². The molecule has 0 aliphatic heterocycles. The highest BCUT2D eigenvalue weighted by Gasteiger charge is 2.07. The summed E-state index contributed by atoms with van der Waals surface area (Å²) >= 11 is 5.76. The molecule has 0 amide bonds. The molecule has 0 bridgehead atoms. The van der Waals surface area contributed by atoms with Gasteiger partial charge in [-0.05, 0) is 12.1 Å². The van der Waals surface area contributed by atoms with E-state index >= 15 is 0 Å². The summed E-state index contributed by atoms with van der Waals surface area (Å²) in [5.41, 5.74) is 0.240. The van der Waals surface area contributed by atoms with Crippen LogP contribution in [0.4, 0.5) is 8.78 Å². The molecular weight excluding hydrogens is 262 g/mol. The van der Waals surface area contributed by atoms with Crippen LogP contribution in [0.2, 0.25) is 5.02 Å². The van der Waals surface area contributed by atoms with Gasteiger partial charge in [0, 0.05) is 29.3 Å². The quantitative estimate of drug-likeness (QED) is 0.779. The van der Waals surface area contributed by atoms with E-state index < -0.39 is 11.6 Å². The first kappa shape index (κ1) is 12.5. The lowest BCUT2D eigenvalue weighted by molar-refractivity contribution is 0.112. The Morgan fingerprint density at radius 3 is 2.33 bits per heavy atom. The lowest BCUT2D eigenvalue weighted by Crippen LogP contribution is -1.92. The zero-order valence-corrected chi connectivity index (χ0v) is 9.75. The number of carbonyl (C=O) groups is 1. The Bertz CT molecular complexity index is 579. The molecule has 0 spiro atoms. The molecule has 0 heterocycles. The minimum atomic E-state index is -0.764. The highest BCUT2D eigenvalue weighted by atomic mass is 35.5. The number of hydrogen-bond donors (Lipinski definition) is 0. The number of aldehydes is 1. The molecule has 0 N–H and O–H groups in total. The van der Waals surface area contributed by atoms with E-state index in [9.17, 15) is 13.6 Å². The van der Waals surface area contributed by atoms with Crippen LogP contribution < -0.4 is 4.74 Å². The van der Waals surface area contributed by atoms with Crippen molar-refractivity contribution < 1.29 is 18.3 Å². The number of benzene rings is 2. The average Bonchev–Trinajstić information content (AvgIpc) is 2.27. The number of rotatable bonds is 3. The molecule has 92 valence electrons. The standard InChI is InChI=1S/C13H7ClF2O2/c14-9-2-1-8(7-17)13(3-9)18-12-5-10(15)4-11(16)6-12/h1-7H. The zero-order chi connectivity index (χ0) is 13.1. The molecule has 5 heteroatoms. The van der Waals surface area contributed by atoms with E-state index in [0.717, 1.165) is 18.2 Å². The maximum atomic E-state index is 13.0. The Morgan fingerprint density at radius 1 is 1.06 bits per heavy atom. The fourth-order valence-corrected chi connectivity index (χ4v) is 1.57. The van der Waals surface area contributed by atoms with Gasteiger partial charge in [0.1, 0.15) is 23.1 Å². The zero-order valence-electron chi connectivity index (χ0n) is 8.99. The SMILES string of the molecule is O=Cc1ccc(Cl)cc1Oc1cc(F)cc(F)c1. The monoisotopic (exact) mass is 268 g/mol. The molecule has 0 atom stereocenters. The summed E-state index contributed by atoms with van der Waals surface area (Å²) in [7, 11) is 0. The molecule has 0 radical (unpaired) electrons. The molecule has 2 aromatic rings. The number of hydrogen-bond acceptors (Lipinski definition) is 2. The van der Waals surface area contributed by atoms with Crippen LogP contribution in [0.1, 0.15) is 10.4 Å². The van der Waals surface area contributed by atoms with Gasteiger partial charge in [-0.3, -0.25) is 4.79 Å². The van der Waals surface area contributed by atoms with Gasteiger partial charge in [0.05, 0.1) is 5.56 Å². The summed E-state index contributed by atoms with van der Waals surface area (Å²) in [5, 5.41) is 0.354. The Kier molecular flexibility index (Phi) is 3.58. The van der Waals surface area contributed by atoms with E-state index in [1.54, 1.807) is 0 Å². The highest BCUT2D eigenvalue weighted by Crippen LogP contribution is 2.28. The molecule has 0 saturated carbocycles. The summed E-state index contributed by atoms with van der Waals surface area (Å²) in [6.07, 6.45) is 0.571. The van der Waals surface area contributed by atoms with Gasteiger partial charge in [0.25, 0.3) is 0 Å². The summed E-state index contributed by atoms with van der Waals surface area (Å²) < 4.78 is 31.2. The predicted octanol–water partition coefficient (Wildman–Crippen LogP) is 4.22. The van der Waals surface area contributed by atoms with E-state index in [4.69, 9.17) is 16.3 Å². The minimum Gasteiger partial charge on any atom is -0.456 e. The van der Waals surface area contributed by atoms with Crippen molar-refractivity contribution in [3.8, 4) is 11.5 Å². The van der Waals surface area contributed by atoms with Crippen molar-refractivity contribution in [2.24, 2.45) is 0 Å². The van der Waals surface area contributed by atoms with E-state index in [0.29, 0.717) is 11.3 Å². The van der Waals surface area contributed by atoms with Crippen LogP contribution in [0, 0.1) is 11.6 Å². The third-order valence-electron chi connectivity index (χ3n) is 2.17. The fourth-order valence-electron chi connectivity index (χ4n) is 1.41. The topological polar surface area (TPSA) is 26.3 Å². The number of halogens is 3. The van der Waals surface area contributed by atoms with E-state index in [1.165, 1.54) is 18.2 Å². The van der Waals surface area contributed by atoms with Crippen molar-refractivity contribution >= 4 is 17.9 Å². The summed E-state index contributed by atoms with van der Waals surface area (Å²) in [5.74, 6) is -1.43. The summed E-state index contributed by atoms with van der Waals surface area (Å²) in [4.78, 5) is 10.8. The maximum absolute atomic E-state index is 13.0. The Labute approximate surface area is 107 Å². The summed E-state index contributed by atoms with van der Waals surface area (Å²) in [6, 6.07) is 7.13. The molecule has 0 aliphatic carbocycles. The maximum Gasteiger partial charge on any atom is 0.153 e. The molecule has 0 unspecified atom stereocenters. The molecule has 0 saturated heterocycles. The van der Waals surface area contributed by atoms with Gasteiger partial charge in [-0.25, -0.2) is 8.78 Å².